The van der Waals surface area contributed by atoms with Crippen LogP contribution in [0.2, 0.25) is 0 Å². The molecule has 2 heterocycles. The van der Waals surface area contributed by atoms with Gasteiger partial charge in [-0.1, -0.05) is 32.0 Å². The number of ether oxygens (including phenoxy) is 1. The summed E-state index contributed by atoms with van der Waals surface area (Å²) in [6.07, 6.45) is 4.02. The Bertz CT molecular complexity index is 819. The van der Waals surface area contributed by atoms with Crippen molar-refractivity contribution in [3.8, 4) is 5.75 Å². The van der Waals surface area contributed by atoms with Gasteiger partial charge in [0.1, 0.15) is 5.75 Å². The van der Waals surface area contributed by atoms with E-state index in [-0.39, 0.29) is 11.8 Å². The Labute approximate surface area is 171 Å². The number of benzene rings is 1. The van der Waals surface area contributed by atoms with E-state index in [2.05, 4.69) is 47.6 Å². The fraction of sp³-hybridized carbons (Fsp3) is 0.571. The van der Waals surface area contributed by atoms with E-state index in [0.717, 1.165) is 60.1 Å². The second-order valence-corrected chi connectivity index (χ2v) is 8.31. The van der Waals surface area contributed by atoms with Gasteiger partial charge in [-0.3, -0.25) is 9.69 Å². The Morgan fingerprint density at radius 2 is 2.14 bits per heavy atom. The molecule has 0 bridgehead atoms. The second kappa shape index (κ2) is 9.56. The van der Waals surface area contributed by atoms with Crippen molar-refractivity contribution < 1.29 is 9.53 Å². The quantitative estimate of drug-likeness (QED) is 0.442. The van der Waals surface area contributed by atoms with Crippen LogP contribution < -0.4 is 4.74 Å². The zero-order valence-electron chi connectivity index (χ0n) is 17.3. The molecule has 0 radical (unpaired) electrons. The summed E-state index contributed by atoms with van der Waals surface area (Å²) in [5.41, 5.74) is 1.87. The van der Waals surface area contributed by atoms with Crippen molar-refractivity contribution >= 4 is 17.5 Å². The summed E-state index contributed by atoms with van der Waals surface area (Å²) in [7, 11) is 4.14. The van der Waals surface area contributed by atoms with E-state index in [1.165, 1.54) is 11.8 Å². The molecule has 0 amide bonds. The van der Waals surface area contributed by atoms with Crippen LogP contribution in [0.4, 0.5) is 0 Å². The Morgan fingerprint density at radius 3 is 2.86 bits per heavy atom. The zero-order chi connectivity index (χ0) is 20.1. The second-order valence-electron chi connectivity index (χ2n) is 7.37. The number of carbonyl (C=O) groups is 1. The maximum Gasteiger partial charge on any atom is 0.191 e. The van der Waals surface area contributed by atoms with Crippen LogP contribution in [0.15, 0.2) is 23.4 Å². The minimum atomic E-state index is 0.117. The van der Waals surface area contributed by atoms with Gasteiger partial charge in [-0.15, -0.1) is 10.2 Å². The highest BCUT2D eigenvalue weighted by Crippen LogP contribution is 2.28. The Kier molecular flexibility index (Phi) is 7.13. The van der Waals surface area contributed by atoms with E-state index in [4.69, 9.17) is 4.74 Å². The molecule has 1 aromatic heterocycles. The molecule has 1 aromatic carbocycles. The fourth-order valence-corrected chi connectivity index (χ4v) is 4.40. The van der Waals surface area contributed by atoms with Gasteiger partial charge in [0.15, 0.2) is 16.8 Å². The molecule has 3 rings (SSSR count). The molecule has 6 nitrogen and oxygen atoms in total. The number of ketones is 1. The summed E-state index contributed by atoms with van der Waals surface area (Å²) in [6, 6.07) is 5.97. The molecule has 1 aliphatic rings. The first-order valence-electron chi connectivity index (χ1n) is 10.1. The summed E-state index contributed by atoms with van der Waals surface area (Å²) < 4.78 is 7.73. The van der Waals surface area contributed by atoms with Crippen LogP contribution in [-0.2, 0) is 13.0 Å². The molecule has 152 valence electrons. The number of unbranched alkanes of at least 4 members (excludes halogenated alkanes) is 1. The lowest BCUT2D eigenvalue weighted by Gasteiger charge is -2.23. The van der Waals surface area contributed by atoms with Gasteiger partial charge in [0.25, 0.3) is 0 Å². The normalized spacial score (nSPS) is 14.2. The van der Waals surface area contributed by atoms with Crippen LogP contribution in [-0.4, -0.2) is 51.9 Å². The van der Waals surface area contributed by atoms with E-state index in [0.29, 0.717) is 12.4 Å². The highest BCUT2D eigenvalue weighted by Gasteiger charge is 2.22. The number of aromatic nitrogens is 3. The summed E-state index contributed by atoms with van der Waals surface area (Å²) >= 11 is 1.48. The van der Waals surface area contributed by atoms with Crippen molar-refractivity contribution in [3.05, 3.63) is 35.2 Å². The molecule has 0 aliphatic carbocycles. The topological polar surface area (TPSA) is 60.3 Å². The van der Waals surface area contributed by atoms with Crippen molar-refractivity contribution in [2.24, 2.45) is 0 Å². The molecule has 0 N–H and O–H groups in total. The monoisotopic (exact) mass is 402 g/mol. The maximum atomic E-state index is 12.7. The standard InChI is InChI=1S/C21H30N4O2S/c1-5-7-11-25-20(17(6-2)24(3)4)22-23-21(25)28-14-18(26)15-8-9-19-16(13-15)10-12-27-19/h8-9,13,17H,5-7,10-12,14H2,1-4H3. The summed E-state index contributed by atoms with van der Waals surface area (Å²) in [4.78, 5) is 14.9. The van der Waals surface area contributed by atoms with Crippen LogP contribution in [0, 0.1) is 0 Å². The van der Waals surface area contributed by atoms with Crippen molar-refractivity contribution in [2.75, 3.05) is 26.5 Å². The maximum absolute atomic E-state index is 12.7. The molecule has 0 saturated heterocycles. The highest BCUT2D eigenvalue weighted by atomic mass is 32.2. The molecular formula is C21H30N4O2S. The van der Waals surface area contributed by atoms with Crippen molar-refractivity contribution in [2.45, 2.75) is 57.3 Å². The Balaban J connectivity index is 1.74. The fourth-order valence-electron chi connectivity index (χ4n) is 3.53. The molecule has 0 fully saturated rings. The molecule has 28 heavy (non-hydrogen) atoms. The minimum absolute atomic E-state index is 0.117. The van der Waals surface area contributed by atoms with Crippen molar-refractivity contribution in [1.29, 1.82) is 0 Å². The number of rotatable bonds is 10. The molecular weight excluding hydrogens is 372 g/mol. The first-order chi connectivity index (χ1) is 13.5. The zero-order valence-corrected chi connectivity index (χ0v) is 18.1. The van der Waals surface area contributed by atoms with Gasteiger partial charge in [0.2, 0.25) is 0 Å². The predicted octanol–water partition coefficient (Wildman–Crippen LogP) is 4.00. The summed E-state index contributed by atoms with van der Waals surface area (Å²) in [5, 5.41) is 9.74. The first kappa shape index (κ1) is 20.9. The minimum Gasteiger partial charge on any atom is -0.493 e. The van der Waals surface area contributed by atoms with Crippen LogP contribution in [0.25, 0.3) is 0 Å². The van der Waals surface area contributed by atoms with E-state index in [9.17, 15) is 4.79 Å². The SMILES string of the molecule is CCCCn1c(SCC(=O)c2ccc3c(c2)CCO3)nnc1C(CC)N(C)C. The van der Waals surface area contributed by atoms with Crippen LogP contribution in [0.1, 0.15) is 60.9 Å². The van der Waals surface area contributed by atoms with Gasteiger partial charge >= 0.3 is 0 Å². The number of Topliss-reactive ketones (excluding diaryl/α,β-unsaturated/α-hetero) is 1. The third-order valence-corrected chi connectivity index (χ3v) is 6.10. The van der Waals surface area contributed by atoms with E-state index < -0.39 is 0 Å². The number of hydrogen-bond donors (Lipinski definition) is 0. The third kappa shape index (κ3) is 4.58. The molecule has 1 aliphatic heterocycles. The number of fused-ring (bicyclic) bond motifs is 1. The molecule has 1 unspecified atom stereocenters. The van der Waals surface area contributed by atoms with Gasteiger partial charge in [-0.2, -0.15) is 0 Å². The largest absolute Gasteiger partial charge is 0.493 e. The third-order valence-electron chi connectivity index (χ3n) is 5.13. The Morgan fingerprint density at radius 1 is 1.32 bits per heavy atom. The average Bonchev–Trinajstić information content (AvgIpc) is 3.31. The lowest BCUT2D eigenvalue weighted by Crippen LogP contribution is -2.23. The number of nitrogens with zero attached hydrogens (tertiary/aromatic N) is 4. The average molecular weight is 403 g/mol. The number of carbonyl (C=O) groups excluding carboxylic acids is 1. The van der Waals surface area contributed by atoms with Gasteiger partial charge in [0.05, 0.1) is 18.4 Å². The molecule has 2 aromatic rings. The lowest BCUT2D eigenvalue weighted by atomic mass is 10.1. The van der Waals surface area contributed by atoms with Gasteiger partial charge in [-0.05, 0) is 50.7 Å². The summed E-state index contributed by atoms with van der Waals surface area (Å²) in [6.45, 7) is 5.93. The van der Waals surface area contributed by atoms with Gasteiger partial charge < -0.3 is 9.30 Å². The van der Waals surface area contributed by atoms with Crippen LogP contribution in [0.3, 0.4) is 0 Å². The first-order valence-corrected chi connectivity index (χ1v) is 11.0. The number of hydrogen-bond acceptors (Lipinski definition) is 6. The lowest BCUT2D eigenvalue weighted by molar-refractivity contribution is 0.102. The van der Waals surface area contributed by atoms with Gasteiger partial charge in [-0.25, -0.2) is 0 Å². The molecule has 1 atom stereocenters. The Hall–Kier alpha value is -1.86. The van der Waals surface area contributed by atoms with Crippen LogP contribution in [0.5, 0.6) is 5.75 Å². The van der Waals surface area contributed by atoms with Gasteiger partial charge in [0, 0.05) is 18.5 Å². The van der Waals surface area contributed by atoms with E-state index in [1.807, 2.05) is 18.2 Å². The van der Waals surface area contributed by atoms with Crippen molar-refractivity contribution in [1.82, 2.24) is 19.7 Å². The summed E-state index contributed by atoms with van der Waals surface area (Å²) in [5.74, 6) is 2.38. The molecule has 7 heteroatoms. The predicted molar refractivity (Wildman–Crippen MR) is 112 cm³/mol. The smallest absolute Gasteiger partial charge is 0.191 e. The van der Waals surface area contributed by atoms with E-state index >= 15 is 0 Å². The molecule has 0 spiro atoms. The van der Waals surface area contributed by atoms with Crippen molar-refractivity contribution in [3.63, 3.8) is 0 Å². The van der Waals surface area contributed by atoms with E-state index in [1.54, 1.807) is 0 Å². The molecule has 0 saturated carbocycles. The number of thioether (sulfide) groups is 1. The highest BCUT2D eigenvalue weighted by molar-refractivity contribution is 7.99. The van der Waals surface area contributed by atoms with Crippen LogP contribution >= 0.6 is 11.8 Å².